The lowest BCUT2D eigenvalue weighted by atomic mass is 10.2. The van der Waals surface area contributed by atoms with Crippen LogP contribution in [0.15, 0.2) is 18.3 Å². The Morgan fingerprint density at radius 1 is 1.53 bits per heavy atom. The third-order valence-corrected chi connectivity index (χ3v) is 2.75. The zero-order chi connectivity index (χ0) is 10.8. The lowest BCUT2D eigenvalue weighted by Gasteiger charge is -1.97. The molecule has 0 aliphatic carbocycles. The van der Waals surface area contributed by atoms with Gasteiger partial charge in [0.1, 0.15) is 17.6 Å². The quantitative estimate of drug-likeness (QED) is 0.777. The minimum atomic E-state index is 0.316. The minimum absolute atomic E-state index is 0.316. The molecule has 0 saturated carbocycles. The van der Waals surface area contributed by atoms with Crippen LogP contribution in [0.4, 0.5) is 0 Å². The summed E-state index contributed by atoms with van der Waals surface area (Å²) in [6, 6.07) is 5.70. The van der Waals surface area contributed by atoms with Crippen molar-refractivity contribution in [1.82, 2.24) is 13.9 Å². The molecule has 0 bridgehead atoms. The number of nitriles is 1. The number of aromatic nitrogens is 3. The summed E-state index contributed by atoms with van der Waals surface area (Å²) < 4.78 is 6.00. The predicted octanol–water partition coefficient (Wildman–Crippen LogP) is 2.32. The Hall–Kier alpha value is -1.67. The highest BCUT2D eigenvalue weighted by Gasteiger charge is 2.10. The topological polar surface area (TPSA) is 54.5 Å². The van der Waals surface area contributed by atoms with E-state index in [9.17, 15) is 0 Å². The fraction of sp³-hybridized carbons (Fsp3) is 0.300. The van der Waals surface area contributed by atoms with Gasteiger partial charge in [-0.05, 0) is 12.1 Å². The fourth-order valence-corrected chi connectivity index (χ4v) is 2.01. The molecule has 0 aliphatic rings. The van der Waals surface area contributed by atoms with E-state index in [4.69, 9.17) is 5.26 Å². The molecule has 0 atom stereocenters. The molecule has 0 saturated heterocycles. The van der Waals surface area contributed by atoms with Gasteiger partial charge in [0.05, 0.1) is 0 Å². The van der Waals surface area contributed by atoms with Gasteiger partial charge in [-0.25, -0.2) is 4.98 Å². The third-order valence-electron chi connectivity index (χ3n) is 2.02. The first kappa shape index (κ1) is 9.87. The van der Waals surface area contributed by atoms with E-state index >= 15 is 0 Å². The highest BCUT2D eigenvalue weighted by molar-refractivity contribution is 7.08. The van der Waals surface area contributed by atoms with Crippen LogP contribution in [0.5, 0.6) is 0 Å². The van der Waals surface area contributed by atoms with Gasteiger partial charge in [-0.1, -0.05) is 13.8 Å². The van der Waals surface area contributed by atoms with E-state index in [1.54, 1.807) is 10.6 Å². The number of rotatable bonds is 2. The van der Waals surface area contributed by atoms with Crippen molar-refractivity contribution in [2.24, 2.45) is 0 Å². The van der Waals surface area contributed by atoms with Crippen LogP contribution in [-0.2, 0) is 0 Å². The van der Waals surface area contributed by atoms with Crippen molar-refractivity contribution in [2.75, 3.05) is 0 Å². The molecule has 2 heterocycles. The molecule has 0 spiro atoms. The molecule has 5 heteroatoms. The van der Waals surface area contributed by atoms with Crippen LogP contribution < -0.4 is 0 Å². The van der Waals surface area contributed by atoms with Crippen molar-refractivity contribution >= 4 is 11.5 Å². The molecule has 2 aromatic heterocycles. The van der Waals surface area contributed by atoms with E-state index in [1.165, 1.54) is 11.5 Å². The van der Waals surface area contributed by atoms with Crippen molar-refractivity contribution in [3.8, 4) is 11.2 Å². The van der Waals surface area contributed by atoms with Crippen LogP contribution in [0.2, 0.25) is 0 Å². The minimum Gasteiger partial charge on any atom is -0.283 e. The summed E-state index contributed by atoms with van der Waals surface area (Å²) in [6.07, 6.45) is 1.82. The Balaban J connectivity index is 2.42. The first-order valence-electron chi connectivity index (χ1n) is 4.64. The third kappa shape index (κ3) is 1.76. The van der Waals surface area contributed by atoms with E-state index < -0.39 is 0 Å². The van der Waals surface area contributed by atoms with Gasteiger partial charge in [0.25, 0.3) is 0 Å². The summed E-state index contributed by atoms with van der Waals surface area (Å²) in [5, 5.41) is 9.62. The van der Waals surface area contributed by atoms with E-state index in [0.29, 0.717) is 11.6 Å². The van der Waals surface area contributed by atoms with E-state index in [2.05, 4.69) is 15.4 Å². The van der Waals surface area contributed by atoms with Crippen molar-refractivity contribution in [3.63, 3.8) is 0 Å². The molecule has 2 rings (SSSR count). The SMILES string of the molecule is CC(C)c1nsc(-n2cccc2C#N)n1. The average Bonchev–Trinajstić information content (AvgIpc) is 2.85. The summed E-state index contributed by atoms with van der Waals surface area (Å²) in [6.45, 7) is 4.10. The summed E-state index contributed by atoms with van der Waals surface area (Å²) in [5.74, 6) is 1.14. The largest absolute Gasteiger partial charge is 0.283 e. The molecule has 15 heavy (non-hydrogen) atoms. The normalized spacial score (nSPS) is 10.5. The van der Waals surface area contributed by atoms with Crippen LogP contribution >= 0.6 is 11.5 Å². The Bertz CT molecular complexity index is 503. The molecule has 4 nitrogen and oxygen atoms in total. The van der Waals surface area contributed by atoms with Crippen molar-refractivity contribution in [1.29, 1.82) is 5.26 Å². The standard InChI is InChI=1S/C10H10N4S/c1-7(2)9-12-10(15-13-9)14-5-3-4-8(14)6-11/h3-5,7H,1-2H3. The summed E-state index contributed by atoms with van der Waals surface area (Å²) >= 11 is 1.32. The lowest BCUT2D eigenvalue weighted by Crippen LogP contribution is -1.96. The van der Waals surface area contributed by atoms with Gasteiger partial charge < -0.3 is 0 Å². The zero-order valence-electron chi connectivity index (χ0n) is 8.51. The van der Waals surface area contributed by atoms with Crippen LogP contribution in [0, 0.1) is 11.3 Å². The van der Waals surface area contributed by atoms with Crippen molar-refractivity contribution in [3.05, 3.63) is 29.8 Å². The monoisotopic (exact) mass is 218 g/mol. The number of hydrogen-bond acceptors (Lipinski definition) is 4. The molecule has 0 aromatic carbocycles. The summed E-state index contributed by atoms with van der Waals surface area (Å²) in [4.78, 5) is 4.38. The Morgan fingerprint density at radius 3 is 2.93 bits per heavy atom. The van der Waals surface area contributed by atoms with Crippen molar-refractivity contribution in [2.45, 2.75) is 19.8 Å². The average molecular weight is 218 g/mol. The maximum Gasteiger partial charge on any atom is 0.214 e. The summed E-state index contributed by atoms with van der Waals surface area (Å²) in [5.41, 5.74) is 0.585. The van der Waals surface area contributed by atoms with Crippen LogP contribution in [0.3, 0.4) is 0 Å². The Kier molecular flexibility index (Phi) is 2.52. The van der Waals surface area contributed by atoms with Crippen LogP contribution in [0.25, 0.3) is 5.13 Å². The maximum absolute atomic E-state index is 8.87. The second-order valence-corrected chi connectivity index (χ2v) is 4.20. The maximum atomic E-state index is 8.87. The molecule has 76 valence electrons. The smallest absolute Gasteiger partial charge is 0.214 e. The van der Waals surface area contributed by atoms with Gasteiger partial charge in [-0.2, -0.15) is 9.64 Å². The molecular weight excluding hydrogens is 208 g/mol. The zero-order valence-corrected chi connectivity index (χ0v) is 9.32. The van der Waals surface area contributed by atoms with Gasteiger partial charge in [0.2, 0.25) is 5.13 Å². The van der Waals surface area contributed by atoms with E-state index in [0.717, 1.165) is 11.0 Å². The van der Waals surface area contributed by atoms with E-state index in [1.807, 2.05) is 26.1 Å². The molecule has 0 amide bonds. The number of nitrogens with zero attached hydrogens (tertiary/aromatic N) is 4. The molecule has 0 unspecified atom stereocenters. The molecule has 0 radical (unpaired) electrons. The van der Waals surface area contributed by atoms with Gasteiger partial charge in [0, 0.05) is 23.6 Å². The molecule has 0 aliphatic heterocycles. The molecule has 0 N–H and O–H groups in total. The molecule has 0 fully saturated rings. The van der Waals surface area contributed by atoms with Gasteiger partial charge in [-0.15, -0.1) is 0 Å². The summed E-state index contributed by atoms with van der Waals surface area (Å²) in [7, 11) is 0. The first-order chi connectivity index (χ1) is 7.22. The Morgan fingerprint density at radius 2 is 2.33 bits per heavy atom. The van der Waals surface area contributed by atoms with Gasteiger partial charge in [0.15, 0.2) is 0 Å². The number of hydrogen-bond donors (Lipinski definition) is 0. The van der Waals surface area contributed by atoms with Gasteiger partial charge >= 0.3 is 0 Å². The molecular formula is C10H10N4S. The van der Waals surface area contributed by atoms with Crippen molar-refractivity contribution < 1.29 is 0 Å². The Labute approximate surface area is 92.0 Å². The fourth-order valence-electron chi connectivity index (χ4n) is 1.20. The second kappa shape index (κ2) is 3.83. The molecule has 2 aromatic rings. The lowest BCUT2D eigenvalue weighted by molar-refractivity contribution is 0.792. The van der Waals surface area contributed by atoms with Gasteiger partial charge in [-0.3, -0.25) is 4.57 Å². The highest BCUT2D eigenvalue weighted by atomic mass is 32.1. The second-order valence-electron chi connectivity index (χ2n) is 3.47. The van der Waals surface area contributed by atoms with Crippen LogP contribution in [0.1, 0.15) is 31.3 Å². The highest BCUT2D eigenvalue weighted by Crippen LogP contribution is 2.18. The predicted molar refractivity (Wildman–Crippen MR) is 58.0 cm³/mol. The van der Waals surface area contributed by atoms with E-state index in [-0.39, 0.29) is 0 Å². The van der Waals surface area contributed by atoms with Crippen LogP contribution in [-0.4, -0.2) is 13.9 Å². The first-order valence-corrected chi connectivity index (χ1v) is 5.41.